The van der Waals surface area contributed by atoms with Crippen LogP contribution in [0.15, 0.2) is 47.5 Å². The lowest BCUT2D eigenvalue weighted by molar-refractivity contribution is 0.0947. The number of nitrogens with one attached hydrogen (secondary N) is 2. The Kier molecular flexibility index (Phi) is 5.26. The van der Waals surface area contributed by atoms with Gasteiger partial charge in [-0.3, -0.25) is 9.59 Å². The van der Waals surface area contributed by atoms with Crippen LogP contribution in [0.1, 0.15) is 33.0 Å². The number of nitrogens with zero attached hydrogens (tertiary/aromatic N) is 3. The zero-order chi connectivity index (χ0) is 18.5. The van der Waals surface area contributed by atoms with Crippen LogP contribution >= 0.6 is 0 Å². The predicted molar refractivity (Wildman–Crippen MR) is 97.9 cm³/mol. The average Bonchev–Trinajstić information content (AvgIpc) is 3.05. The van der Waals surface area contributed by atoms with Crippen LogP contribution in [-0.4, -0.2) is 25.7 Å². The first-order chi connectivity index (χ1) is 12.5. The second kappa shape index (κ2) is 7.77. The molecule has 26 heavy (non-hydrogen) atoms. The average molecular weight is 351 g/mol. The number of H-pyrrole nitrogens is 1. The molecule has 1 aromatic carbocycles. The number of rotatable bonds is 6. The molecule has 7 nitrogen and oxygen atoms in total. The number of amides is 1. The lowest BCUT2D eigenvalue weighted by Crippen LogP contribution is -2.31. The number of aromatic amines is 1. The Bertz CT molecular complexity index is 960. The van der Waals surface area contributed by atoms with Crippen molar-refractivity contribution in [2.24, 2.45) is 0 Å². The molecule has 2 heterocycles. The van der Waals surface area contributed by atoms with Gasteiger partial charge in [0.25, 0.3) is 11.5 Å². The summed E-state index contributed by atoms with van der Waals surface area (Å²) >= 11 is 0. The Labute approximate surface area is 151 Å². The van der Waals surface area contributed by atoms with Crippen molar-refractivity contribution in [1.82, 2.24) is 25.1 Å². The Morgan fingerprint density at radius 3 is 2.73 bits per heavy atom. The van der Waals surface area contributed by atoms with E-state index in [1.165, 1.54) is 5.56 Å². The summed E-state index contributed by atoms with van der Waals surface area (Å²) in [5, 5.41) is 10.7. The van der Waals surface area contributed by atoms with Crippen molar-refractivity contribution in [3.8, 4) is 0 Å². The quantitative estimate of drug-likeness (QED) is 0.708. The predicted octanol–water partition coefficient (Wildman–Crippen LogP) is 1.76. The van der Waals surface area contributed by atoms with E-state index in [4.69, 9.17) is 0 Å². The number of hydrogen-bond donors (Lipinski definition) is 2. The monoisotopic (exact) mass is 351 g/mol. The number of aromatic nitrogens is 4. The van der Waals surface area contributed by atoms with E-state index in [2.05, 4.69) is 32.6 Å². The maximum atomic E-state index is 12.4. The SMILES string of the molecule is Cc1cc(C)c(C(=O)NCc2nncn2CCc2ccccc2)c(=O)[nH]1. The topological polar surface area (TPSA) is 92.7 Å². The van der Waals surface area contributed by atoms with Crippen molar-refractivity contribution >= 4 is 5.91 Å². The van der Waals surface area contributed by atoms with E-state index >= 15 is 0 Å². The Morgan fingerprint density at radius 1 is 1.23 bits per heavy atom. The fourth-order valence-corrected chi connectivity index (χ4v) is 2.88. The molecule has 2 N–H and O–H groups in total. The number of carbonyl (C=O) groups excluding carboxylic acids is 1. The normalized spacial score (nSPS) is 10.7. The molecule has 0 unspecified atom stereocenters. The summed E-state index contributed by atoms with van der Waals surface area (Å²) in [5.41, 5.74) is 2.34. The van der Waals surface area contributed by atoms with E-state index < -0.39 is 5.91 Å². The molecule has 0 aliphatic heterocycles. The maximum Gasteiger partial charge on any atom is 0.261 e. The van der Waals surface area contributed by atoms with Crippen molar-refractivity contribution in [1.29, 1.82) is 0 Å². The molecule has 2 aromatic heterocycles. The summed E-state index contributed by atoms with van der Waals surface area (Å²) in [4.78, 5) is 27.1. The van der Waals surface area contributed by atoms with E-state index in [1.54, 1.807) is 26.2 Å². The Morgan fingerprint density at radius 2 is 2.00 bits per heavy atom. The van der Waals surface area contributed by atoms with Gasteiger partial charge >= 0.3 is 0 Å². The molecule has 0 saturated carbocycles. The standard InChI is InChI=1S/C19H21N5O2/c1-13-10-14(2)22-19(26)17(13)18(25)20-11-16-23-21-12-24(16)9-8-15-6-4-3-5-7-15/h3-7,10,12H,8-9,11H2,1-2H3,(H,20,25)(H,22,26). The molecule has 7 heteroatoms. The van der Waals surface area contributed by atoms with E-state index in [1.807, 2.05) is 22.8 Å². The number of pyridine rings is 1. The number of carbonyl (C=O) groups is 1. The van der Waals surface area contributed by atoms with Crippen molar-refractivity contribution in [3.05, 3.63) is 81.3 Å². The zero-order valence-corrected chi connectivity index (χ0v) is 14.8. The van der Waals surface area contributed by atoms with Gasteiger partial charge in [-0.05, 0) is 37.5 Å². The van der Waals surface area contributed by atoms with Crippen molar-refractivity contribution in [2.45, 2.75) is 33.4 Å². The third-order valence-corrected chi connectivity index (χ3v) is 4.18. The highest BCUT2D eigenvalue weighted by atomic mass is 16.2. The number of benzene rings is 1. The lowest BCUT2D eigenvalue weighted by atomic mass is 10.1. The number of hydrogen-bond acceptors (Lipinski definition) is 4. The molecule has 0 atom stereocenters. The Hall–Kier alpha value is -3.22. The third-order valence-electron chi connectivity index (χ3n) is 4.18. The summed E-state index contributed by atoms with van der Waals surface area (Å²) < 4.78 is 1.90. The van der Waals surface area contributed by atoms with Crippen LogP contribution in [0, 0.1) is 13.8 Å². The molecule has 1 amide bonds. The van der Waals surface area contributed by atoms with Gasteiger partial charge in [0.1, 0.15) is 11.9 Å². The summed E-state index contributed by atoms with van der Waals surface area (Å²) in [7, 11) is 0. The minimum atomic E-state index is -0.415. The van der Waals surface area contributed by atoms with Crippen LogP contribution < -0.4 is 10.9 Å². The highest BCUT2D eigenvalue weighted by molar-refractivity contribution is 5.95. The molecule has 0 aliphatic carbocycles. The second-order valence-corrected chi connectivity index (χ2v) is 6.20. The molecule has 3 rings (SSSR count). The van der Waals surface area contributed by atoms with Crippen LogP contribution in [0.3, 0.4) is 0 Å². The highest BCUT2D eigenvalue weighted by Crippen LogP contribution is 2.06. The van der Waals surface area contributed by atoms with E-state index in [9.17, 15) is 9.59 Å². The molecule has 3 aromatic rings. The van der Waals surface area contributed by atoms with Crippen LogP contribution in [0.2, 0.25) is 0 Å². The summed E-state index contributed by atoms with van der Waals surface area (Å²) in [6, 6.07) is 11.9. The third kappa shape index (κ3) is 4.05. The van der Waals surface area contributed by atoms with Gasteiger partial charge in [-0.25, -0.2) is 0 Å². The first-order valence-corrected chi connectivity index (χ1v) is 8.44. The van der Waals surface area contributed by atoms with Gasteiger partial charge in [-0.2, -0.15) is 0 Å². The van der Waals surface area contributed by atoms with Gasteiger partial charge in [0.05, 0.1) is 6.54 Å². The van der Waals surface area contributed by atoms with Crippen LogP contribution in [0.5, 0.6) is 0 Å². The van der Waals surface area contributed by atoms with Gasteiger partial charge in [-0.1, -0.05) is 30.3 Å². The van der Waals surface area contributed by atoms with Crippen molar-refractivity contribution < 1.29 is 4.79 Å². The van der Waals surface area contributed by atoms with Gasteiger partial charge in [-0.15, -0.1) is 10.2 Å². The first-order valence-electron chi connectivity index (χ1n) is 8.44. The molecule has 0 bridgehead atoms. The molecule has 0 spiro atoms. The molecule has 0 aliphatic rings. The maximum absolute atomic E-state index is 12.4. The lowest BCUT2D eigenvalue weighted by Gasteiger charge is -2.09. The fraction of sp³-hybridized carbons (Fsp3) is 0.263. The van der Waals surface area contributed by atoms with Gasteiger partial charge in [0.2, 0.25) is 0 Å². The van der Waals surface area contributed by atoms with Gasteiger partial charge in [0.15, 0.2) is 5.82 Å². The van der Waals surface area contributed by atoms with E-state index in [0.29, 0.717) is 17.9 Å². The molecular formula is C19H21N5O2. The Balaban J connectivity index is 1.65. The van der Waals surface area contributed by atoms with Crippen molar-refractivity contribution in [3.63, 3.8) is 0 Å². The fourth-order valence-electron chi connectivity index (χ4n) is 2.88. The number of aryl methyl sites for hydroxylation is 4. The van der Waals surface area contributed by atoms with Crippen LogP contribution in [0.25, 0.3) is 0 Å². The molecule has 0 fully saturated rings. The second-order valence-electron chi connectivity index (χ2n) is 6.20. The summed E-state index contributed by atoms with van der Waals surface area (Å²) in [6.07, 6.45) is 2.49. The van der Waals surface area contributed by atoms with Gasteiger partial charge in [0, 0.05) is 12.2 Å². The first kappa shape index (κ1) is 17.6. The highest BCUT2D eigenvalue weighted by Gasteiger charge is 2.15. The molecular weight excluding hydrogens is 330 g/mol. The van der Waals surface area contributed by atoms with Gasteiger partial charge < -0.3 is 14.9 Å². The molecule has 134 valence electrons. The molecule has 0 saturated heterocycles. The minimum Gasteiger partial charge on any atom is -0.345 e. The minimum absolute atomic E-state index is 0.131. The molecule has 0 radical (unpaired) electrons. The zero-order valence-electron chi connectivity index (χ0n) is 14.8. The van der Waals surface area contributed by atoms with Crippen LogP contribution in [-0.2, 0) is 19.5 Å². The van der Waals surface area contributed by atoms with Crippen LogP contribution in [0.4, 0.5) is 0 Å². The summed E-state index contributed by atoms with van der Waals surface area (Å²) in [6.45, 7) is 4.46. The smallest absolute Gasteiger partial charge is 0.261 e. The van der Waals surface area contributed by atoms with E-state index in [-0.39, 0.29) is 17.7 Å². The largest absolute Gasteiger partial charge is 0.345 e. The van der Waals surface area contributed by atoms with Crippen molar-refractivity contribution in [2.75, 3.05) is 0 Å². The summed E-state index contributed by atoms with van der Waals surface area (Å²) in [5.74, 6) is 0.233. The van der Waals surface area contributed by atoms with E-state index in [0.717, 1.165) is 12.1 Å².